The van der Waals surface area contributed by atoms with Gasteiger partial charge in [-0.1, -0.05) is 24.3 Å². The lowest BCUT2D eigenvalue weighted by Crippen LogP contribution is -2.35. The number of para-hydroxylation sites is 1. The Labute approximate surface area is 194 Å². The number of aryl methyl sites for hydroxylation is 1. The van der Waals surface area contributed by atoms with E-state index in [-0.39, 0.29) is 17.0 Å². The SMILES string of the molecule is O=C(Nc1ccc2c(c1)N(S(=O)(=O)c1ccc(F)cc1)CCC2)c1cc2ccccc2oc1=O. The van der Waals surface area contributed by atoms with Crippen LogP contribution in [0, 0.1) is 5.82 Å². The first-order valence-corrected chi connectivity index (χ1v) is 12.0. The molecule has 0 fully saturated rings. The summed E-state index contributed by atoms with van der Waals surface area (Å²) in [6.45, 7) is 0.248. The number of hydrogen-bond acceptors (Lipinski definition) is 5. The van der Waals surface area contributed by atoms with Crippen LogP contribution in [0.1, 0.15) is 22.3 Å². The summed E-state index contributed by atoms with van der Waals surface area (Å²) in [4.78, 5) is 25.1. The third-order valence-corrected chi connectivity index (χ3v) is 7.53. The minimum atomic E-state index is -3.93. The fourth-order valence-corrected chi connectivity index (χ4v) is 5.55. The van der Waals surface area contributed by atoms with Crippen molar-refractivity contribution in [2.24, 2.45) is 0 Å². The van der Waals surface area contributed by atoms with E-state index in [1.54, 1.807) is 42.5 Å². The van der Waals surface area contributed by atoms with Gasteiger partial charge in [0.15, 0.2) is 0 Å². The van der Waals surface area contributed by atoms with E-state index < -0.39 is 27.4 Å². The molecule has 2 heterocycles. The standard InChI is InChI=1S/C25H19FN2O5S/c26-18-8-11-20(12-9-18)34(31,32)28-13-3-5-16-7-10-19(15-22(16)28)27-24(29)21-14-17-4-1-2-6-23(17)33-25(21)30/h1-2,4,6-12,14-15H,3,5,13H2,(H,27,29). The quantitative estimate of drug-likeness (QED) is 0.441. The van der Waals surface area contributed by atoms with Gasteiger partial charge in [0, 0.05) is 17.6 Å². The fraction of sp³-hybridized carbons (Fsp3) is 0.120. The second-order valence-corrected chi connectivity index (χ2v) is 9.78. The summed E-state index contributed by atoms with van der Waals surface area (Å²) >= 11 is 0. The van der Waals surface area contributed by atoms with Gasteiger partial charge in [-0.25, -0.2) is 17.6 Å². The minimum absolute atomic E-state index is 0.0232. The molecule has 0 unspecified atom stereocenters. The molecule has 0 saturated carbocycles. The number of carbonyl (C=O) groups is 1. The molecular weight excluding hydrogens is 459 g/mol. The lowest BCUT2D eigenvalue weighted by molar-refractivity contribution is 0.102. The van der Waals surface area contributed by atoms with Crippen LogP contribution in [0.2, 0.25) is 0 Å². The van der Waals surface area contributed by atoms with Crippen molar-refractivity contribution < 1.29 is 22.0 Å². The number of amides is 1. The molecule has 1 N–H and O–H groups in total. The highest BCUT2D eigenvalue weighted by molar-refractivity contribution is 7.92. The van der Waals surface area contributed by atoms with E-state index in [4.69, 9.17) is 4.42 Å². The average Bonchev–Trinajstić information content (AvgIpc) is 2.83. The largest absolute Gasteiger partial charge is 0.422 e. The average molecular weight is 479 g/mol. The summed E-state index contributed by atoms with van der Waals surface area (Å²) in [5.41, 5.74) is 1.01. The van der Waals surface area contributed by atoms with Gasteiger partial charge in [0.1, 0.15) is 17.0 Å². The molecule has 9 heteroatoms. The molecule has 3 aromatic carbocycles. The Morgan fingerprint density at radius 1 is 1.00 bits per heavy atom. The number of halogens is 1. The van der Waals surface area contributed by atoms with Gasteiger partial charge in [0.05, 0.1) is 10.6 Å². The van der Waals surface area contributed by atoms with Crippen molar-refractivity contribution in [2.45, 2.75) is 17.7 Å². The molecule has 1 amide bonds. The van der Waals surface area contributed by atoms with E-state index in [0.717, 1.165) is 17.7 Å². The summed E-state index contributed by atoms with van der Waals surface area (Å²) in [7, 11) is -3.93. The Morgan fingerprint density at radius 2 is 1.76 bits per heavy atom. The lowest BCUT2D eigenvalue weighted by Gasteiger charge is -2.31. The Morgan fingerprint density at radius 3 is 2.56 bits per heavy atom. The maximum absolute atomic E-state index is 13.3. The summed E-state index contributed by atoms with van der Waals surface area (Å²) < 4.78 is 46.3. The van der Waals surface area contributed by atoms with Crippen LogP contribution in [0.25, 0.3) is 11.0 Å². The molecule has 1 aliphatic rings. The number of hydrogen-bond donors (Lipinski definition) is 1. The van der Waals surface area contributed by atoms with Crippen molar-refractivity contribution in [3.8, 4) is 0 Å². The maximum atomic E-state index is 13.3. The van der Waals surface area contributed by atoms with Crippen LogP contribution in [-0.4, -0.2) is 20.9 Å². The highest BCUT2D eigenvalue weighted by Gasteiger charge is 2.29. The molecule has 1 aromatic heterocycles. The van der Waals surface area contributed by atoms with Crippen LogP contribution >= 0.6 is 0 Å². The molecule has 0 atom stereocenters. The zero-order chi connectivity index (χ0) is 23.9. The van der Waals surface area contributed by atoms with Gasteiger partial charge < -0.3 is 9.73 Å². The van der Waals surface area contributed by atoms with Gasteiger partial charge in [-0.2, -0.15) is 0 Å². The molecule has 0 bridgehead atoms. The normalized spacial score (nSPS) is 13.5. The summed E-state index contributed by atoms with van der Waals surface area (Å²) in [5, 5.41) is 3.27. The number of sulfonamides is 1. The van der Waals surface area contributed by atoms with Gasteiger partial charge in [-0.15, -0.1) is 0 Å². The third-order valence-electron chi connectivity index (χ3n) is 5.71. The number of benzene rings is 3. The van der Waals surface area contributed by atoms with E-state index in [1.807, 2.05) is 0 Å². The fourth-order valence-electron chi connectivity index (χ4n) is 4.02. The summed E-state index contributed by atoms with van der Waals surface area (Å²) in [5.74, 6) is -1.19. The predicted molar refractivity (Wildman–Crippen MR) is 126 cm³/mol. The topological polar surface area (TPSA) is 96.7 Å². The van der Waals surface area contributed by atoms with E-state index in [1.165, 1.54) is 22.5 Å². The van der Waals surface area contributed by atoms with Crippen LogP contribution in [-0.2, 0) is 16.4 Å². The van der Waals surface area contributed by atoms with Crippen molar-refractivity contribution in [2.75, 3.05) is 16.2 Å². The number of fused-ring (bicyclic) bond motifs is 2. The smallest absolute Gasteiger partial charge is 0.349 e. The first-order chi connectivity index (χ1) is 16.3. The Bertz CT molecular complexity index is 1580. The molecule has 0 radical (unpaired) electrons. The Balaban J connectivity index is 1.48. The van der Waals surface area contributed by atoms with Crippen LogP contribution in [0.3, 0.4) is 0 Å². The van der Waals surface area contributed by atoms with E-state index >= 15 is 0 Å². The van der Waals surface area contributed by atoms with E-state index in [0.29, 0.717) is 35.2 Å². The number of carbonyl (C=O) groups excluding carboxylic acids is 1. The Hall–Kier alpha value is -3.98. The monoisotopic (exact) mass is 478 g/mol. The van der Waals surface area contributed by atoms with E-state index in [2.05, 4.69) is 5.32 Å². The summed E-state index contributed by atoms with van der Waals surface area (Å²) in [6.07, 6.45) is 1.30. The van der Waals surface area contributed by atoms with Crippen molar-refractivity contribution in [1.29, 1.82) is 0 Å². The predicted octanol–water partition coefficient (Wildman–Crippen LogP) is 4.33. The van der Waals surface area contributed by atoms with Gasteiger partial charge >= 0.3 is 5.63 Å². The molecule has 0 spiro atoms. The zero-order valence-electron chi connectivity index (χ0n) is 17.8. The number of rotatable bonds is 4. The number of nitrogens with one attached hydrogen (secondary N) is 1. The van der Waals surface area contributed by atoms with Crippen molar-refractivity contribution >= 4 is 38.3 Å². The van der Waals surface area contributed by atoms with Crippen molar-refractivity contribution in [3.05, 3.63) is 100 Å². The second-order valence-electron chi connectivity index (χ2n) is 7.92. The molecular formula is C25H19FN2O5S. The zero-order valence-corrected chi connectivity index (χ0v) is 18.6. The van der Waals surface area contributed by atoms with Crippen molar-refractivity contribution in [1.82, 2.24) is 0 Å². The first kappa shape index (κ1) is 21.8. The summed E-state index contributed by atoms with van der Waals surface area (Å²) in [6, 6.07) is 17.9. The van der Waals surface area contributed by atoms with Gasteiger partial charge in [0.2, 0.25) is 0 Å². The second kappa shape index (κ2) is 8.42. The number of anilines is 2. The molecule has 172 valence electrons. The molecule has 5 rings (SSSR count). The van der Waals surface area contributed by atoms with Crippen LogP contribution < -0.4 is 15.2 Å². The molecule has 1 aliphatic heterocycles. The van der Waals surface area contributed by atoms with Gasteiger partial charge in [-0.3, -0.25) is 9.10 Å². The minimum Gasteiger partial charge on any atom is -0.422 e. The number of nitrogens with zero attached hydrogens (tertiary/aromatic N) is 1. The lowest BCUT2D eigenvalue weighted by atomic mass is 10.0. The van der Waals surface area contributed by atoms with Crippen molar-refractivity contribution in [3.63, 3.8) is 0 Å². The van der Waals surface area contributed by atoms with Crippen LogP contribution in [0.15, 0.2) is 86.9 Å². The molecule has 0 saturated heterocycles. The molecule has 0 aliphatic carbocycles. The third kappa shape index (κ3) is 3.94. The van der Waals surface area contributed by atoms with Gasteiger partial charge in [-0.05, 0) is 66.9 Å². The Kier molecular flexibility index (Phi) is 5.41. The molecule has 7 nitrogen and oxygen atoms in total. The van der Waals surface area contributed by atoms with E-state index in [9.17, 15) is 22.4 Å². The first-order valence-electron chi connectivity index (χ1n) is 10.6. The molecule has 34 heavy (non-hydrogen) atoms. The highest BCUT2D eigenvalue weighted by atomic mass is 32.2. The molecule has 4 aromatic rings. The van der Waals surface area contributed by atoms with Gasteiger partial charge in [0.25, 0.3) is 15.9 Å². The van der Waals surface area contributed by atoms with Crippen LogP contribution in [0.4, 0.5) is 15.8 Å². The van der Waals surface area contributed by atoms with Crippen LogP contribution in [0.5, 0.6) is 0 Å². The highest BCUT2D eigenvalue weighted by Crippen LogP contribution is 2.34. The maximum Gasteiger partial charge on any atom is 0.349 e.